The summed E-state index contributed by atoms with van der Waals surface area (Å²) in [5.74, 6) is 0.673. The van der Waals surface area contributed by atoms with Crippen LogP contribution >= 0.6 is 23.2 Å². The van der Waals surface area contributed by atoms with Gasteiger partial charge < -0.3 is 4.98 Å². The lowest BCUT2D eigenvalue weighted by Crippen LogP contribution is -2.03. The topological polar surface area (TPSA) is 15.8 Å². The Kier molecular flexibility index (Phi) is 3.06. The van der Waals surface area contributed by atoms with Crippen molar-refractivity contribution in [2.24, 2.45) is 0 Å². The van der Waals surface area contributed by atoms with Crippen LogP contribution in [0.4, 0.5) is 0 Å². The predicted octanol–water partition coefficient (Wildman–Crippen LogP) is 5.52. The van der Waals surface area contributed by atoms with Crippen molar-refractivity contribution in [1.82, 2.24) is 4.98 Å². The fourth-order valence-corrected chi connectivity index (χ4v) is 3.47. The second-order valence-electron chi connectivity index (χ2n) is 4.89. The van der Waals surface area contributed by atoms with Crippen molar-refractivity contribution in [2.75, 3.05) is 0 Å². The minimum absolute atomic E-state index is 0.673. The molecule has 0 bridgehead atoms. The number of fused-ring (bicyclic) bond motifs is 1. The molecule has 1 nitrogen and oxygen atoms in total. The van der Waals surface area contributed by atoms with Gasteiger partial charge in [0.15, 0.2) is 0 Å². The van der Waals surface area contributed by atoms with Crippen LogP contribution in [0.2, 0.25) is 10.0 Å². The first-order valence-electron chi connectivity index (χ1n) is 6.22. The third kappa shape index (κ3) is 2.07. The monoisotopic (exact) mass is 267 g/mol. The molecule has 1 heterocycles. The highest BCUT2D eigenvalue weighted by Gasteiger charge is 2.19. The summed E-state index contributed by atoms with van der Waals surface area (Å²) >= 11 is 12.3. The molecule has 1 aromatic carbocycles. The number of nitrogens with one attached hydrogen (secondary N) is 1. The molecule has 0 atom stereocenters. The third-order valence-corrected chi connectivity index (χ3v) is 4.30. The Morgan fingerprint density at radius 1 is 1.06 bits per heavy atom. The third-order valence-electron chi connectivity index (χ3n) is 3.78. The van der Waals surface area contributed by atoms with Crippen LogP contribution in [0.25, 0.3) is 10.9 Å². The predicted molar refractivity (Wildman–Crippen MR) is 74.1 cm³/mol. The van der Waals surface area contributed by atoms with E-state index in [1.807, 2.05) is 6.07 Å². The summed E-state index contributed by atoms with van der Waals surface area (Å²) in [4.78, 5) is 3.29. The van der Waals surface area contributed by atoms with Gasteiger partial charge in [0, 0.05) is 16.6 Å². The van der Waals surface area contributed by atoms with Crippen LogP contribution in [0.3, 0.4) is 0 Å². The Balaban J connectivity index is 2.10. The summed E-state index contributed by atoms with van der Waals surface area (Å²) in [7, 11) is 0. The van der Waals surface area contributed by atoms with E-state index in [1.54, 1.807) is 6.07 Å². The van der Waals surface area contributed by atoms with Gasteiger partial charge in [-0.25, -0.2) is 0 Å². The smallest absolute Gasteiger partial charge is 0.0661 e. The van der Waals surface area contributed by atoms with E-state index >= 15 is 0 Å². The molecule has 1 fully saturated rings. The highest BCUT2D eigenvalue weighted by Crippen LogP contribution is 2.38. The Morgan fingerprint density at radius 3 is 2.59 bits per heavy atom. The van der Waals surface area contributed by atoms with Crippen molar-refractivity contribution in [1.29, 1.82) is 0 Å². The normalized spacial score (nSPS) is 17.8. The zero-order valence-electron chi connectivity index (χ0n) is 9.60. The van der Waals surface area contributed by atoms with Crippen molar-refractivity contribution in [3.8, 4) is 0 Å². The molecule has 1 aliphatic rings. The van der Waals surface area contributed by atoms with E-state index in [0.29, 0.717) is 5.92 Å². The molecular formula is C14H15Cl2N. The first-order chi connectivity index (χ1) is 8.25. The van der Waals surface area contributed by atoms with E-state index in [1.165, 1.54) is 43.1 Å². The molecule has 3 rings (SSSR count). The zero-order chi connectivity index (χ0) is 11.8. The van der Waals surface area contributed by atoms with E-state index in [2.05, 4.69) is 11.2 Å². The SMILES string of the molecule is Clc1cc(Cl)c2[nH]cc(C3CCCCC3)c2c1. The fourth-order valence-electron chi connectivity index (χ4n) is 2.93. The van der Waals surface area contributed by atoms with Gasteiger partial charge in [0.25, 0.3) is 0 Å². The number of rotatable bonds is 1. The van der Waals surface area contributed by atoms with Crippen molar-refractivity contribution in [3.63, 3.8) is 0 Å². The highest BCUT2D eigenvalue weighted by atomic mass is 35.5. The van der Waals surface area contributed by atoms with E-state index in [9.17, 15) is 0 Å². The molecule has 1 aliphatic carbocycles. The van der Waals surface area contributed by atoms with Gasteiger partial charge in [-0.05, 0) is 36.5 Å². The molecule has 0 radical (unpaired) electrons. The van der Waals surface area contributed by atoms with E-state index in [4.69, 9.17) is 23.2 Å². The largest absolute Gasteiger partial charge is 0.360 e. The first kappa shape index (κ1) is 11.4. The van der Waals surface area contributed by atoms with Crippen LogP contribution in [-0.2, 0) is 0 Å². The number of hydrogen-bond donors (Lipinski definition) is 1. The lowest BCUT2D eigenvalue weighted by molar-refractivity contribution is 0.445. The van der Waals surface area contributed by atoms with Gasteiger partial charge in [-0.2, -0.15) is 0 Å². The van der Waals surface area contributed by atoms with Crippen LogP contribution in [0.1, 0.15) is 43.6 Å². The number of aromatic nitrogens is 1. The number of hydrogen-bond acceptors (Lipinski definition) is 0. The molecule has 1 aromatic heterocycles. The number of aromatic amines is 1. The summed E-state index contributed by atoms with van der Waals surface area (Å²) in [5.41, 5.74) is 2.42. The maximum absolute atomic E-state index is 6.20. The molecule has 3 heteroatoms. The molecule has 2 aromatic rings. The molecule has 0 saturated heterocycles. The summed E-state index contributed by atoms with van der Waals surface area (Å²) in [6.07, 6.45) is 8.74. The molecule has 0 unspecified atom stereocenters. The van der Waals surface area contributed by atoms with Crippen molar-refractivity contribution in [3.05, 3.63) is 33.9 Å². The Labute approximate surface area is 111 Å². The van der Waals surface area contributed by atoms with Crippen LogP contribution < -0.4 is 0 Å². The van der Waals surface area contributed by atoms with E-state index in [0.717, 1.165) is 15.6 Å². The maximum atomic E-state index is 6.20. The standard InChI is InChI=1S/C14H15Cl2N/c15-10-6-11-12(9-4-2-1-3-5-9)8-17-14(11)13(16)7-10/h6-9,17H,1-5H2. The molecule has 0 amide bonds. The van der Waals surface area contributed by atoms with Gasteiger partial charge in [-0.3, -0.25) is 0 Å². The van der Waals surface area contributed by atoms with Gasteiger partial charge in [0.05, 0.1) is 10.5 Å². The van der Waals surface area contributed by atoms with Crippen LogP contribution in [-0.4, -0.2) is 4.98 Å². The molecule has 90 valence electrons. The summed E-state index contributed by atoms with van der Waals surface area (Å²) in [6.45, 7) is 0. The van der Waals surface area contributed by atoms with Crippen LogP contribution in [0.15, 0.2) is 18.3 Å². The minimum Gasteiger partial charge on any atom is -0.360 e. The molecule has 0 spiro atoms. The first-order valence-corrected chi connectivity index (χ1v) is 6.97. The van der Waals surface area contributed by atoms with E-state index in [-0.39, 0.29) is 0 Å². The van der Waals surface area contributed by atoms with Crippen molar-refractivity contribution >= 4 is 34.1 Å². The average molecular weight is 268 g/mol. The van der Waals surface area contributed by atoms with Crippen molar-refractivity contribution in [2.45, 2.75) is 38.0 Å². The summed E-state index contributed by atoms with van der Waals surface area (Å²) < 4.78 is 0. The molecule has 1 saturated carbocycles. The van der Waals surface area contributed by atoms with Crippen LogP contribution in [0.5, 0.6) is 0 Å². The number of halogens is 2. The van der Waals surface area contributed by atoms with Gasteiger partial charge >= 0.3 is 0 Å². The van der Waals surface area contributed by atoms with Gasteiger partial charge in [0.2, 0.25) is 0 Å². The second-order valence-corrected chi connectivity index (χ2v) is 5.73. The van der Waals surface area contributed by atoms with E-state index < -0.39 is 0 Å². The molecule has 0 aliphatic heterocycles. The maximum Gasteiger partial charge on any atom is 0.0661 e. The van der Waals surface area contributed by atoms with Gasteiger partial charge in [-0.1, -0.05) is 42.5 Å². The van der Waals surface area contributed by atoms with Gasteiger partial charge in [-0.15, -0.1) is 0 Å². The number of H-pyrrole nitrogens is 1. The fraction of sp³-hybridized carbons (Fsp3) is 0.429. The zero-order valence-corrected chi connectivity index (χ0v) is 11.1. The molecular weight excluding hydrogens is 253 g/mol. The quantitative estimate of drug-likeness (QED) is 0.700. The lowest BCUT2D eigenvalue weighted by atomic mass is 9.84. The highest BCUT2D eigenvalue weighted by molar-refractivity contribution is 6.38. The summed E-state index contributed by atoms with van der Waals surface area (Å²) in [5, 5.41) is 2.64. The Bertz CT molecular complexity index is 538. The molecule has 17 heavy (non-hydrogen) atoms. The number of benzene rings is 1. The lowest BCUT2D eigenvalue weighted by Gasteiger charge is -2.21. The molecule has 1 N–H and O–H groups in total. The van der Waals surface area contributed by atoms with Crippen molar-refractivity contribution < 1.29 is 0 Å². The minimum atomic E-state index is 0.673. The van der Waals surface area contributed by atoms with Gasteiger partial charge in [0.1, 0.15) is 0 Å². The average Bonchev–Trinajstić information content (AvgIpc) is 2.74. The van der Waals surface area contributed by atoms with Crippen LogP contribution in [0, 0.1) is 0 Å². The summed E-state index contributed by atoms with van der Waals surface area (Å²) in [6, 6.07) is 3.83. The Hall–Kier alpha value is -0.660. The second kappa shape index (κ2) is 4.55. The Morgan fingerprint density at radius 2 is 1.82 bits per heavy atom.